The number of ether oxygens (including phenoxy) is 1. The Morgan fingerprint density at radius 2 is 1.84 bits per heavy atom. The lowest BCUT2D eigenvalue weighted by molar-refractivity contribution is -0.0280. The largest absolute Gasteiger partial charge is 0.377 e. The molecule has 0 saturated carbocycles. The minimum Gasteiger partial charge on any atom is -0.377 e. The molecule has 2 atom stereocenters. The fourth-order valence-corrected chi connectivity index (χ4v) is 2.68. The van der Waals surface area contributed by atoms with Gasteiger partial charge in [0.05, 0.1) is 11.6 Å². The molecule has 0 spiro atoms. The van der Waals surface area contributed by atoms with E-state index in [0.29, 0.717) is 0 Å². The van der Waals surface area contributed by atoms with Crippen LogP contribution in [0.25, 0.3) is 10.8 Å². The van der Waals surface area contributed by atoms with Crippen molar-refractivity contribution in [2.75, 3.05) is 14.2 Å². The molecule has 0 amide bonds. The SMILES string of the molecule is CCC(C)(OC)C(NC)c1ccc2ccccc2c1. The Kier molecular flexibility index (Phi) is 4.23. The zero-order valence-electron chi connectivity index (χ0n) is 12.2. The average molecular weight is 257 g/mol. The molecule has 0 aliphatic rings. The van der Waals surface area contributed by atoms with Crippen LogP contribution >= 0.6 is 0 Å². The Morgan fingerprint density at radius 1 is 1.16 bits per heavy atom. The Hall–Kier alpha value is -1.38. The smallest absolute Gasteiger partial charge is 0.0841 e. The van der Waals surface area contributed by atoms with E-state index in [2.05, 4.69) is 61.6 Å². The molecule has 0 aliphatic carbocycles. The van der Waals surface area contributed by atoms with Gasteiger partial charge in [0.2, 0.25) is 0 Å². The van der Waals surface area contributed by atoms with Crippen LogP contribution in [-0.2, 0) is 4.74 Å². The van der Waals surface area contributed by atoms with E-state index in [1.165, 1.54) is 16.3 Å². The number of benzene rings is 2. The molecule has 2 rings (SSSR count). The highest BCUT2D eigenvalue weighted by atomic mass is 16.5. The summed E-state index contributed by atoms with van der Waals surface area (Å²) in [5.74, 6) is 0. The molecule has 0 aliphatic heterocycles. The van der Waals surface area contributed by atoms with Crippen molar-refractivity contribution < 1.29 is 4.74 Å². The third-order valence-corrected chi connectivity index (χ3v) is 4.17. The Bertz CT molecular complexity index is 546. The predicted octanol–water partition coefficient (Wildman–Crippen LogP) is 3.92. The fourth-order valence-electron chi connectivity index (χ4n) is 2.68. The Balaban J connectivity index is 2.46. The molecule has 2 aromatic carbocycles. The van der Waals surface area contributed by atoms with Crippen molar-refractivity contribution in [1.82, 2.24) is 5.32 Å². The van der Waals surface area contributed by atoms with Gasteiger partial charge in [-0.2, -0.15) is 0 Å². The van der Waals surface area contributed by atoms with Gasteiger partial charge in [0.1, 0.15) is 0 Å². The number of nitrogens with one attached hydrogen (secondary N) is 1. The summed E-state index contributed by atoms with van der Waals surface area (Å²) in [5, 5.41) is 5.95. The van der Waals surface area contributed by atoms with Crippen molar-refractivity contribution in [3.63, 3.8) is 0 Å². The molecule has 0 saturated heterocycles. The standard InChI is InChI=1S/C17H23NO/c1-5-17(2,19-4)16(18-3)15-11-10-13-8-6-7-9-14(13)12-15/h6-12,16,18H,5H2,1-4H3. The first-order valence-electron chi connectivity index (χ1n) is 6.85. The summed E-state index contributed by atoms with van der Waals surface area (Å²) in [6, 6.07) is 15.3. The molecule has 19 heavy (non-hydrogen) atoms. The highest BCUT2D eigenvalue weighted by Crippen LogP contribution is 2.32. The maximum atomic E-state index is 5.74. The molecule has 2 aromatic rings. The first kappa shape index (κ1) is 14.0. The van der Waals surface area contributed by atoms with Crippen molar-refractivity contribution in [3.8, 4) is 0 Å². The Morgan fingerprint density at radius 3 is 2.42 bits per heavy atom. The second-order valence-corrected chi connectivity index (χ2v) is 5.20. The van der Waals surface area contributed by atoms with E-state index >= 15 is 0 Å². The monoisotopic (exact) mass is 257 g/mol. The second kappa shape index (κ2) is 5.72. The van der Waals surface area contributed by atoms with Gasteiger partial charge in [-0.1, -0.05) is 43.3 Å². The molecule has 0 radical (unpaired) electrons. The number of likely N-dealkylation sites (N-methyl/N-ethyl adjacent to an activating group) is 1. The van der Waals surface area contributed by atoms with Crippen molar-refractivity contribution in [3.05, 3.63) is 48.0 Å². The first-order chi connectivity index (χ1) is 9.14. The molecule has 1 N–H and O–H groups in total. The summed E-state index contributed by atoms with van der Waals surface area (Å²) in [6.07, 6.45) is 0.960. The minimum atomic E-state index is -0.197. The number of hydrogen-bond acceptors (Lipinski definition) is 2. The average Bonchev–Trinajstić information content (AvgIpc) is 2.47. The fraction of sp³-hybridized carbons (Fsp3) is 0.412. The second-order valence-electron chi connectivity index (χ2n) is 5.20. The van der Waals surface area contributed by atoms with Gasteiger partial charge in [-0.3, -0.25) is 0 Å². The van der Waals surface area contributed by atoms with Crippen LogP contribution in [0.3, 0.4) is 0 Å². The number of hydrogen-bond donors (Lipinski definition) is 1. The maximum Gasteiger partial charge on any atom is 0.0841 e. The van der Waals surface area contributed by atoms with Crippen molar-refractivity contribution in [2.45, 2.75) is 31.9 Å². The summed E-state index contributed by atoms with van der Waals surface area (Å²) in [6.45, 7) is 4.32. The lowest BCUT2D eigenvalue weighted by Gasteiger charge is -2.36. The normalized spacial score (nSPS) is 16.2. The summed E-state index contributed by atoms with van der Waals surface area (Å²) < 4.78 is 5.74. The van der Waals surface area contributed by atoms with Crippen LogP contribution in [-0.4, -0.2) is 19.8 Å². The van der Waals surface area contributed by atoms with Crippen LogP contribution < -0.4 is 5.32 Å². The van der Waals surface area contributed by atoms with E-state index in [4.69, 9.17) is 4.74 Å². The highest BCUT2D eigenvalue weighted by Gasteiger charge is 2.32. The van der Waals surface area contributed by atoms with E-state index in [1.807, 2.05) is 7.05 Å². The summed E-state index contributed by atoms with van der Waals surface area (Å²) >= 11 is 0. The topological polar surface area (TPSA) is 21.3 Å². The van der Waals surface area contributed by atoms with Crippen LogP contribution in [0.2, 0.25) is 0 Å². The van der Waals surface area contributed by atoms with Gasteiger partial charge >= 0.3 is 0 Å². The third kappa shape index (κ3) is 2.65. The van der Waals surface area contributed by atoms with Gasteiger partial charge in [-0.25, -0.2) is 0 Å². The van der Waals surface area contributed by atoms with E-state index in [0.717, 1.165) is 6.42 Å². The van der Waals surface area contributed by atoms with Crippen molar-refractivity contribution in [2.24, 2.45) is 0 Å². The lowest BCUT2D eigenvalue weighted by atomic mass is 9.87. The first-order valence-corrected chi connectivity index (χ1v) is 6.85. The van der Waals surface area contributed by atoms with Crippen LogP contribution in [0.15, 0.2) is 42.5 Å². The van der Waals surface area contributed by atoms with Gasteiger partial charge < -0.3 is 10.1 Å². The highest BCUT2D eigenvalue weighted by molar-refractivity contribution is 5.83. The van der Waals surface area contributed by atoms with Crippen LogP contribution in [0.5, 0.6) is 0 Å². The number of methoxy groups -OCH3 is 1. The van der Waals surface area contributed by atoms with Gasteiger partial charge in [0.25, 0.3) is 0 Å². The maximum absolute atomic E-state index is 5.74. The molecular formula is C17H23NO. The van der Waals surface area contributed by atoms with E-state index in [9.17, 15) is 0 Å². The zero-order chi connectivity index (χ0) is 13.9. The predicted molar refractivity (Wildman–Crippen MR) is 81.5 cm³/mol. The molecule has 2 unspecified atom stereocenters. The molecule has 0 heterocycles. The molecule has 0 fully saturated rings. The van der Waals surface area contributed by atoms with E-state index < -0.39 is 0 Å². The zero-order valence-corrected chi connectivity index (χ0v) is 12.2. The quantitative estimate of drug-likeness (QED) is 0.876. The van der Waals surface area contributed by atoms with Gasteiger partial charge in [0.15, 0.2) is 0 Å². The molecule has 0 aromatic heterocycles. The molecule has 2 nitrogen and oxygen atoms in total. The molecule has 0 bridgehead atoms. The summed E-state index contributed by atoms with van der Waals surface area (Å²) in [7, 11) is 3.78. The molecule has 2 heteroatoms. The van der Waals surface area contributed by atoms with Crippen LogP contribution in [0.4, 0.5) is 0 Å². The lowest BCUT2D eigenvalue weighted by Crippen LogP contribution is -2.41. The summed E-state index contributed by atoms with van der Waals surface area (Å²) in [5.41, 5.74) is 1.07. The van der Waals surface area contributed by atoms with Crippen molar-refractivity contribution in [1.29, 1.82) is 0 Å². The Labute approximate surface area is 115 Å². The minimum absolute atomic E-state index is 0.187. The number of fused-ring (bicyclic) bond motifs is 1. The third-order valence-electron chi connectivity index (χ3n) is 4.17. The molecular weight excluding hydrogens is 234 g/mol. The van der Waals surface area contributed by atoms with Gasteiger partial charge in [-0.15, -0.1) is 0 Å². The molecule has 102 valence electrons. The summed E-state index contributed by atoms with van der Waals surface area (Å²) in [4.78, 5) is 0. The van der Waals surface area contributed by atoms with Gasteiger partial charge in [-0.05, 0) is 42.8 Å². The number of rotatable bonds is 5. The van der Waals surface area contributed by atoms with Crippen molar-refractivity contribution >= 4 is 10.8 Å². The van der Waals surface area contributed by atoms with Crippen LogP contribution in [0, 0.1) is 0 Å². The van der Waals surface area contributed by atoms with E-state index in [1.54, 1.807) is 7.11 Å². The van der Waals surface area contributed by atoms with E-state index in [-0.39, 0.29) is 11.6 Å². The van der Waals surface area contributed by atoms with Gasteiger partial charge in [0, 0.05) is 7.11 Å². The van der Waals surface area contributed by atoms with Crippen LogP contribution in [0.1, 0.15) is 31.9 Å².